The summed E-state index contributed by atoms with van der Waals surface area (Å²) >= 11 is 0. The summed E-state index contributed by atoms with van der Waals surface area (Å²) in [5.41, 5.74) is -0.696. The van der Waals surface area contributed by atoms with E-state index >= 15 is 0 Å². The fourth-order valence-corrected chi connectivity index (χ4v) is 3.56. The molecule has 0 amide bonds. The van der Waals surface area contributed by atoms with Crippen LogP contribution in [-0.2, 0) is 9.53 Å². The van der Waals surface area contributed by atoms with E-state index < -0.39 is 11.4 Å². The molecule has 2 atom stereocenters. The van der Waals surface area contributed by atoms with Gasteiger partial charge in [0.05, 0.1) is 13.2 Å². The smallest absolute Gasteiger partial charge is 0.313 e. The lowest BCUT2D eigenvalue weighted by Gasteiger charge is -2.34. The van der Waals surface area contributed by atoms with Gasteiger partial charge in [-0.1, -0.05) is 18.2 Å². The van der Waals surface area contributed by atoms with Gasteiger partial charge in [0.25, 0.3) is 0 Å². The van der Waals surface area contributed by atoms with Crippen molar-refractivity contribution in [3.05, 3.63) is 30.3 Å². The minimum atomic E-state index is -0.708. The zero-order chi connectivity index (χ0) is 15.4. The Morgan fingerprint density at radius 1 is 1.41 bits per heavy atom. The Hall–Kier alpha value is -1.59. The summed E-state index contributed by atoms with van der Waals surface area (Å²) in [5, 5.41) is 9.61. The van der Waals surface area contributed by atoms with E-state index in [0.717, 1.165) is 31.7 Å². The molecule has 5 nitrogen and oxygen atoms in total. The highest BCUT2D eigenvalue weighted by atomic mass is 16.5. The summed E-state index contributed by atoms with van der Waals surface area (Å²) in [6.45, 7) is 4.02. The van der Waals surface area contributed by atoms with Crippen molar-refractivity contribution in [1.29, 1.82) is 0 Å². The standard InChI is InChI=1S/C17H23NO4/c19-16(20)17-12-18(11-14(17)7-10-21-13-17)8-4-9-22-15-5-2-1-3-6-15/h1-3,5-6,14H,4,7-13H2,(H,19,20)/t14-,17+/m0/s1. The second kappa shape index (κ2) is 6.67. The maximum Gasteiger partial charge on any atom is 0.313 e. The van der Waals surface area contributed by atoms with Crippen LogP contribution in [0, 0.1) is 11.3 Å². The van der Waals surface area contributed by atoms with Crippen molar-refractivity contribution in [2.24, 2.45) is 11.3 Å². The quantitative estimate of drug-likeness (QED) is 0.813. The average molecular weight is 305 g/mol. The largest absolute Gasteiger partial charge is 0.494 e. The van der Waals surface area contributed by atoms with Gasteiger partial charge >= 0.3 is 5.97 Å². The third-order valence-corrected chi connectivity index (χ3v) is 4.79. The Balaban J connectivity index is 1.47. The van der Waals surface area contributed by atoms with Crippen LogP contribution in [0.4, 0.5) is 0 Å². The molecule has 0 aromatic heterocycles. The molecule has 2 saturated heterocycles. The third kappa shape index (κ3) is 3.10. The molecule has 2 fully saturated rings. The molecule has 0 bridgehead atoms. The monoisotopic (exact) mass is 305 g/mol. The normalized spacial score (nSPS) is 28.3. The van der Waals surface area contributed by atoms with E-state index in [-0.39, 0.29) is 5.92 Å². The molecule has 2 aliphatic rings. The fraction of sp³-hybridized carbons (Fsp3) is 0.588. The van der Waals surface area contributed by atoms with Crippen LogP contribution >= 0.6 is 0 Å². The van der Waals surface area contributed by atoms with E-state index in [1.165, 1.54) is 0 Å². The van der Waals surface area contributed by atoms with Crippen molar-refractivity contribution < 1.29 is 19.4 Å². The van der Waals surface area contributed by atoms with Crippen LogP contribution in [0.3, 0.4) is 0 Å². The van der Waals surface area contributed by atoms with Gasteiger partial charge in [-0.05, 0) is 30.9 Å². The number of hydrogen-bond acceptors (Lipinski definition) is 4. The molecule has 0 radical (unpaired) electrons. The molecule has 1 N–H and O–H groups in total. The van der Waals surface area contributed by atoms with Crippen LogP contribution in [0.1, 0.15) is 12.8 Å². The van der Waals surface area contributed by atoms with Crippen LogP contribution in [0.25, 0.3) is 0 Å². The van der Waals surface area contributed by atoms with E-state index in [9.17, 15) is 9.90 Å². The highest BCUT2D eigenvalue weighted by Gasteiger charge is 2.53. The molecule has 0 aliphatic carbocycles. The zero-order valence-corrected chi connectivity index (χ0v) is 12.7. The van der Waals surface area contributed by atoms with Crippen molar-refractivity contribution in [2.45, 2.75) is 12.8 Å². The Morgan fingerprint density at radius 3 is 2.95 bits per heavy atom. The first-order valence-electron chi connectivity index (χ1n) is 7.92. The molecule has 120 valence electrons. The number of ether oxygens (including phenoxy) is 2. The maximum atomic E-state index is 11.7. The van der Waals surface area contributed by atoms with E-state index in [0.29, 0.717) is 26.4 Å². The molecule has 1 aromatic carbocycles. The summed E-state index contributed by atoms with van der Waals surface area (Å²) in [6, 6.07) is 9.77. The van der Waals surface area contributed by atoms with Gasteiger partial charge in [0.1, 0.15) is 11.2 Å². The Labute approximate surface area is 130 Å². The number of carbonyl (C=O) groups is 1. The van der Waals surface area contributed by atoms with Gasteiger partial charge in [-0.3, -0.25) is 4.79 Å². The lowest BCUT2D eigenvalue weighted by molar-refractivity contribution is -0.159. The second-order valence-electron chi connectivity index (χ2n) is 6.25. The van der Waals surface area contributed by atoms with Gasteiger partial charge in [0.2, 0.25) is 0 Å². The molecule has 0 saturated carbocycles. The van der Waals surface area contributed by atoms with Crippen LogP contribution in [0.5, 0.6) is 5.75 Å². The van der Waals surface area contributed by atoms with Crippen molar-refractivity contribution in [3.8, 4) is 5.75 Å². The van der Waals surface area contributed by atoms with Gasteiger partial charge in [-0.2, -0.15) is 0 Å². The summed E-state index contributed by atoms with van der Waals surface area (Å²) in [5.74, 6) is 0.391. The molecular weight excluding hydrogens is 282 g/mol. The number of rotatable bonds is 6. The highest BCUT2D eigenvalue weighted by molar-refractivity contribution is 5.76. The molecule has 0 unspecified atom stereocenters. The number of nitrogens with zero attached hydrogens (tertiary/aromatic N) is 1. The molecule has 0 spiro atoms. The fourth-order valence-electron chi connectivity index (χ4n) is 3.56. The van der Waals surface area contributed by atoms with Gasteiger partial charge in [0, 0.05) is 26.2 Å². The number of carboxylic acids is 1. The molecule has 2 aliphatic heterocycles. The Kier molecular flexibility index (Phi) is 4.64. The van der Waals surface area contributed by atoms with Crippen molar-refractivity contribution in [1.82, 2.24) is 4.90 Å². The maximum absolute atomic E-state index is 11.7. The van der Waals surface area contributed by atoms with Crippen LogP contribution in [0.2, 0.25) is 0 Å². The van der Waals surface area contributed by atoms with Gasteiger partial charge < -0.3 is 19.5 Å². The second-order valence-corrected chi connectivity index (χ2v) is 6.25. The molecule has 3 rings (SSSR count). The first kappa shape index (κ1) is 15.3. The predicted octanol–water partition coefficient (Wildman–Crippen LogP) is 1.88. The lowest BCUT2D eigenvalue weighted by atomic mass is 9.76. The van der Waals surface area contributed by atoms with E-state index in [1.54, 1.807) is 0 Å². The first-order valence-corrected chi connectivity index (χ1v) is 7.92. The number of fused-ring (bicyclic) bond motifs is 1. The van der Waals surface area contributed by atoms with E-state index in [4.69, 9.17) is 9.47 Å². The summed E-state index contributed by atoms with van der Waals surface area (Å²) in [6.07, 6.45) is 1.75. The number of hydrogen-bond donors (Lipinski definition) is 1. The third-order valence-electron chi connectivity index (χ3n) is 4.79. The molecule has 5 heteroatoms. The van der Waals surface area contributed by atoms with Crippen LogP contribution < -0.4 is 4.74 Å². The Bertz CT molecular complexity index is 507. The predicted molar refractivity (Wildman–Crippen MR) is 82.0 cm³/mol. The topological polar surface area (TPSA) is 59.0 Å². The van der Waals surface area contributed by atoms with Gasteiger partial charge in [0.15, 0.2) is 0 Å². The number of para-hydroxylation sites is 1. The van der Waals surface area contributed by atoms with Crippen molar-refractivity contribution in [3.63, 3.8) is 0 Å². The van der Waals surface area contributed by atoms with Crippen molar-refractivity contribution in [2.75, 3.05) is 39.5 Å². The highest BCUT2D eigenvalue weighted by Crippen LogP contribution is 2.41. The van der Waals surface area contributed by atoms with Crippen LogP contribution in [0.15, 0.2) is 30.3 Å². The summed E-state index contributed by atoms with van der Waals surface area (Å²) < 4.78 is 11.1. The minimum absolute atomic E-state index is 0.216. The number of benzene rings is 1. The van der Waals surface area contributed by atoms with Gasteiger partial charge in [-0.25, -0.2) is 0 Å². The van der Waals surface area contributed by atoms with Crippen molar-refractivity contribution >= 4 is 5.97 Å². The molecule has 2 heterocycles. The average Bonchev–Trinajstić information content (AvgIpc) is 2.92. The molecular formula is C17H23NO4. The summed E-state index contributed by atoms with van der Waals surface area (Å²) in [7, 11) is 0. The van der Waals surface area contributed by atoms with E-state index in [1.807, 2.05) is 30.3 Å². The zero-order valence-electron chi connectivity index (χ0n) is 12.7. The molecule has 1 aromatic rings. The number of aliphatic carboxylic acids is 1. The number of carboxylic acid groups (broad SMARTS) is 1. The number of likely N-dealkylation sites (tertiary alicyclic amines) is 1. The minimum Gasteiger partial charge on any atom is -0.494 e. The Morgan fingerprint density at radius 2 is 2.23 bits per heavy atom. The van der Waals surface area contributed by atoms with Gasteiger partial charge in [-0.15, -0.1) is 0 Å². The van der Waals surface area contributed by atoms with Crippen LogP contribution in [-0.4, -0.2) is 55.4 Å². The molecule has 22 heavy (non-hydrogen) atoms. The SMILES string of the molecule is O=C(O)[C@]12COCC[C@H]1CN(CCCOc1ccccc1)C2. The lowest BCUT2D eigenvalue weighted by Crippen LogP contribution is -2.46. The first-order chi connectivity index (χ1) is 10.7. The summed E-state index contributed by atoms with van der Waals surface area (Å²) in [4.78, 5) is 13.9. The van der Waals surface area contributed by atoms with E-state index in [2.05, 4.69) is 4.90 Å².